The van der Waals surface area contributed by atoms with Crippen LogP contribution in [0.15, 0.2) is 39.7 Å². The Morgan fingerprint density at radius 3 is 2.91 bits per heavy atom. The number of β-amino-alcohol motifs (C(OH)–C–C–N with tert-alkyl or cyclic N) is 1. The fourth-order valence-electron chi connectivity index (χ4n) is 2.68. The summed E-state index contributed by atoms with van der Waals surface area (Å²) in [4.78, 5) is 8.53. The molecule has 0 aliphatic carbocycles. The van der Waals surface area contributed by atoms with Crippen molar-refractivity contribution in [3.63, 3.8) is 0 Å². The minimum Gasteiger partial charge on any atom is -0.382 e. The van der Waals surface area contributed by atoms with Gasteiger partial charge in [-0.25, -0.2) is 9.37 Å². The number of nitrogens with zero attached hydrogens (tertiary/aromatic N) is 3. The van der Waals surface area contributed by atoms with E-state index in [1.807, 2.05) is 5.38 Å². The lowest BCUT2D eigenvalue weighted by Gasteiger charge is -2.18. The van der Waals surface area contributed by atoms with E-state index in [1.165, 1.54) is 23.5 Å². The van der Waals surface area contributed by atoms with Crippen LogP contribution in [-0.4, -0.2) is 26.8 Å². The highest BCUT2D eigenvalue weighted by molar-refractivity contribution is 7.07. The van der Waals surface area contributed by atoms with Crippen LogP contribution >= 0.6 is 11.3 Å². The van der Waals surface area contributed by atoms with Crippen LogP contribution in [-0.2, 0) is 5.60 Å². The average Bonchev–Trinajstić information content (AvgIpc) is 3.28. The molecule has 3 aromatic rings. The van der Waals surface area contributed by atoms with Crippen molar-refractivity contribution in [2.45, 2.75) is 18.1 Å². The van der Waals surface area contributed by atoms with Crippen LogP contribution in [0, 0.1) is 5.82 Å². The summed E-state index contributed by atoms with van der Waals surface area (Å²) in [5.74, 6) is 0.477. The molecular weight excluding hydrogens is 319 g/mol. The SMILES string of the molecule is O[C@@]1(c2cscn2)CN[C@@H](c2nc(-c3ccc(F)cc3)no2)C1. The fraction of sp³-hybridized carbons (Fsp3) is 0.267. The third-order valence-corrected chi connectivity index (χ3v) is 4.52. The molecule has 23 heavy (non-hydrogen) atoms. The monoisotopic (exact) mass is 332 g/mol. The van der Waals surface area contributed by atoms with E-state index in [9.17, 15) is 9.50 Å². The first kappa shape index (κ1) is 14.4. The van der Waals surface area contributed by atoms with E-state index >= 15 is 0 Å². The molecule has 8 heteroatoms. The predicted molar refractivity (Wildman–Crippen MR) is 81.1 cm³/mol. The molecule has 0 bridgehead atoms. The minimum atomic E-state index is -1.03. The second-order valence-electron chi connectivity index (χ2n) is 5.51. The Bertz CT molecular complexity index is 805. The molecule has 2 aromatic heterocycles. The van der Waals surface area contributed by atoms with Crippen molar-refractivity contribution in [1.82, 2.24) is 20.4 Å². The third kappa shape index (κ3) is 2.65. The van der Waals surface area contributed by atoms with Gasteiger partial charge in [-0.2, -0.15) is 4.98 Å². The summed E-state index contributed by atoms with van der Waals surface area (Å²) >= 11 is 1.44. The summed E-state index contributed by atoms with van der Waals surface area (Å²) in [5.41, 5.74) is 1.99. The molecule has 0 radical (unpaired) electrons. The molecule has 1 aliphatic rings. The van der Waals surface area contributed by atoms with Crippen LogP contribution in [0.5, 0.6) is 0 Å². The van der Waals surface area contributed by atoms with Gasteiger partial charge < -0.3 is 14.9 Å². The van der Waals surface area contributed by atoms with Gasteiger partial charge in [0.2, 0.25) is 11.7 Å². The number of aromatic nitrogens is 3. The van der Waals surface area contributed by atoms with Crippen LogP contribution in [0.1, 0.15) is 24.0 Å². The van der Waals surface area contributed by atoms with Crippen molar-refractivity contribution in [3.8, 4) is 11.4 Å². The molecule has 3 heterocycles. The van der Waals surface area contributed by atoms with Gasteiger partial charge >= 0.3 is 0 Å². The number of aliphatic hydroxyl groups is 1. The average molecular weight is 332 g/mol. The van der Waals surface area contributed by atoms with Gasteiger partial charge in [0.1, 0.15) is 11.4 Å². The molecule has 2 N–H and O–H groups in total. The van der Waals surface area contributed by atoms with E-state index < -0.39 is 5.60 Å². The van der Waals surface area contributed by atoms with Crippen molar-refractivity contribution in [2.24, 2.45) is 0 Å². The number of hydrogen-bond donors (Lipinski definition) is 2. The van der Waals surface area contributed by atoms with Crippen molar-refractivity contribution >= 4 is 11.3 Å². The zero-order chi connectivity index (χ0) is 15.9. The molecule has 0 amide bonds. The Balaban J connectivity index is 1.55. The van der Waals surface area contributed by atoms with Crippen LogP contribution in [0.3, 0.4) is 0 Å². The lowest BCUT2D eigenvalue weighted by atomic mass is 9.97. The maximum Gasteiger partial charge on any atom is 0.244 e. The van der Waals surface area contributed by atoms with Gasteiger partial charge in [0.05, 0.1) is 17.2 Å². The molecule has 1 aromatic carbocycles. The Hall–Kier alpha value is -2.16. The second-order valence-corrected chi connectivity index (χ2v) is 6.22. The molecule has 4 rings (SSSR count). The standard InChI is InChI=1S/C15H13FN4O2S/c16-10-3-1-9(2-4-10)13-19-14(22-20-13)11-5-15(21,7-17-11)12-6-23-8-18-12/h1-4,6,8,11,17,21H,5,7H2/t11-,15-/m1/s1. The first-order valence-corrected chi connectivity index (χ1v) is 8.02. The Morgan fingerprint density at radius 2 is 2.17 bits per heavy atom. The number of hydrogen-bond acceptors (Lipinski definition) is 7. The van der Waals surface area contributed by atoms with Gasteiger partial charge in [0, 0.05) is 23.9 Å². The maximum absolute atomic E-state index is 13.0. The van der Waals surface area contributed by atoms with Gasteiger partial charge in [0.25, 0.3) is 0 Å². The number of benzene rings is 1. The summed E-state index contributed by atoms with van der Waals surface area (Å²) in [6.07, 6.45) is 0.405. The van der Waals surface area contributed by atoms with Gasteiger partial charge in [-0.1, -0.05) is 5.16 Å². The number of thiazole rings is 1. The molecular formula is C15H13FN4O2S. The molecule has 0 unspecified atom stereocenters. The zero-order valence-electron chi connectivity index (χ0n) is 11.9. The fourth-order valence-corrected chi connectivity index (χ4v) is 3.32. The van der Waals surface area contributed by atoms with E-state index in [1.54, 1.807) is 17.6 Å². The zero-order valence-corrected chi connectivity index (χ0v) is 12.8. The quantitative estimate of drug-likeness (QED) is 0.765. The lowest BCUT2D eigenvalue weighted by molar-refractivity contribution is 0.0509. The van der Waals surface area contributed by atoms with Gasteiger partial charge in [-0.05, 0) is 24.3 Å². The molecule has 118 valence electrons. The van der Waals surface area contributed by atoms with Crippen molar-refractivity contribution < 1.29 is 14.0 Å². The van der Waals surface area contributed by atoms with E-state index in [4.69, 9.17) is 4.52 Å². The minimum absolute atomic E-state index is 0.247. The largest absolute Gasteiger partial charge is 0.382 e. The van der Waals surface area contributed by atoms with Crippen LogP contribution in [0.2, 0.25) is 0 Å². The summed E-state index contributed by atoms with van der Waals surface area (Å²) in [5, 5.41) is 19.6. The predicted octanol–water partition coefficient (Wildman–Crippen LogP) is 2.25. The van der Waals surface area contributed by atoms with Crippen molar-refractivity contribution in [3.05, 3.63) is 52.6 Å². The molecule has 0 saturated carbocycles. The summed E-state index contributed by atoms with van der Waals surface area (Å²) in [7, 11) is 0. The van der Waals surface area contributed by atoms with Crippen LogP contribution < -0.4 is 5.32 Å². The van der Waals surface area contributed by atoms with Crippen molar-refractivity contribution in [2.75, 3.05) is 6.54 Å². The number of nitrogens with one attached hydrogen (secondary N) is 1. The third-order valence-electron chi connectivity index (χ3n) is 3.93. The normalized spacial score (nSPS) is 24.2. The van der Waals surface area contributed by atoms with Crippen molar-refractivity contribution in [1.29, 1.82) is 0 Å². The Morgan fingerprint density at radius 1 is 1.35 bits per heavy atom. The smallest absolute Gasteiger partial charge is 0.244 e. The highest BCUT2D eigenvalue weighted by atomic mass is 32.1. The Kier molecular flexibility index (Phi) is 3.44. The van der Waals surface area contributed by atoms with Gasteiger partial charge in [-0.3, -0.25) is 0 Å². The highest BCUT2D eigenvalue weighted by Crippen LogP contribution is 2.36. The summed E-state index contributed by atoms with van der Waals surface area (Å²) in [6, 6.07) is 5.64. The second kappa shape index (κ2) is 5.48. The van der Waals surface area contributed by atoms with Gasteiger partial charge in [0.15, 0.2) is 0 Å². The molecule has 1 aliphatic heterocycles. The maximum atomic E-state index is 13.0. The summed E-state index contributed by atoms with van der Waals surface area (Å²) < 4.78 is 18.3. The molecule has 2 atom stereocenters. The van der Waals surface area contributed by atoms with E-state index in [2.05, 4.69) is 20.4 Å². The van der Waals surface area contributed by atoms with Crippen LogP contribution in [0.25, 0.3) is 11.4 Å². The first-order chi connectivity index (χ1) is 11.1. The molecule has 1 fully saturated rings. The van der Waals surface area contributed by atoms with E-state index in [-0.39, 0.29) is 11.9 Å². The van der Waals surface area contributed by atoms with Crippen LogP contribution in [0.4, 0.5) is 4.39 Å². The molecule has 6 nitrogen and oxygen atoms in total. The highest BCUT2D eigenvalue weighted by Gasteiger charge is 2.42. The number of rotatable bonds is 3. The molecule has 0 spiro atoms. The topological polar surface area (TPSA) is 84.1 Å². The van der Waals surface area contributed by atoms with E-state index in [0.29, 0.717) is 35.9 Å². The Labute approximate surface area is 135 Å². The van der Waals surface area contributed by atoms with Gasteiger partial charge in [-0.15, -0.1) is 11.3 Å². The molecule has 1 saturated heterocycles. The first-order valence-electron chi connectivity index (χ1n) is 7.08. The lowest BCUT2D eigenvalue weighted by Crippen LogP contribution is -2.28. The number of halogens is 1. The van der Waals surface area contributed by atoms with E-state index in [0.717, 1.165) is 0 Å². The summed E-state index contributed by atoms with van der Waals surface area (Å²) in [6.45, 7) is 0.371.